The highest BCUT2D eigenvalue weighted by Crippen LogP contribution is 2.24. The van der Waals surface area contributed by atoms with Crippen LogP contribution in [0.1, 0.15) is 37.7 Å². The number of aryl methyl sites for hydroxylation is 1. The summed E-state index contributed by atoms with van der Waals surface area (Å²) >= 11 is 3.42. The van der Waals surface area contributed by atoms with E-state index >= 15 is 0 Å². The van der Waals surface area contributed by atoms with Gasteiger partial charge in [-0.15, -0.1) is 0 Å². The highest BCUT2D eigenvalue weighted by atomic mass is 79.9. The lowest BCUT2D eigenvalue weighted by Gasteiger charge is -2.20. The summed E-state index contributed by atoms with van der Waals surface area (Å²) < 4.78 is 17.2. The summed E-state index contributed by atoms with van der Waals surface area (Å²) in [5, 5.41) is 3.43. The number of rotatable bonds is 7. The first kappa shape index (κ1) is 16.2. The fraction of sp³-hybridized carbons (Fsp3) is 0.438. The van der Waals surface area contributed by atoms with Gasteiger partial charge >= 0.3 is 0 Å². The van der Waals surface area contributed by atoms with Crippen molar-refractivity contribution in [2.75, 3.05) is 6.54 Å². The molecule has 1 heterocycles. The molecule has 1 aromatic carbocycles. The molecule has 5 heteroatoms. The van der Waals surface area contributed by atoms with Gasteiger partial charge in [0, 0.05) is 41.4 Å². The summed E-state index contributed by atoms with van der Waals surface area (Å²) in [5.41, 5.74) is 0.684. The summed E-state index contributed by atoms with van der Waals surface area (Å²) in [6.45, 7) is 5.91. The van der Waals surface area contributed by atoms with E-state index in [1.54, 1.807) is 12.3 Å². The first-order valence-corrected chi connectivity index (χ1v) is 8.13. The molecule has 0 fully saturated rings. The van der Waals surface area contributed by atoms with Crippen molar-refractivity contribution in [3.05, 3.63) is 52.3 Å². The van der Waals surface area contributed by atoms with Crippen LogP contribution in [0.4, 0.5) is 4.39 Å². The normalized spacial score (nSPS) is 12.6. The maximum absolute atomic E-state index is 14.2. The van der Waals surface area contributed by atoms with E-state index in [1.807, 2.05) is 12.3 Å². The molecule has 2 rings (SSSR count). The molecule has 114 valence electrons. The van der Waals surface area contributed by atoms with Gasteiger partial charge in [-0.2, -0.15) is 0 Å². The number of benzene rings is 1. The molecule has 2 aromatic rings. The molecular formula is C16H21BrFN3. The first-order valence-electron chi connectivity index (χ1n) is 7.34. The predicted molar refractivity (Wildman–Crippen MR) is 86.7 cm³/mol. The zero-order valence-electron chi connectivity index (χ0n) is 12.4. The van der Waals surface area contributed by atoms with Crippen molar-refractivity contribution in [1.29, 1.82) is 0 Å². The molecule has 0 aliphatic rings. The summed E-state index contributed by atoms with van der Waals surface area (Å²) in [5.74, 6) is 0.798. The van der Waals surface area contributed by atoms with E-state index in [-0.39, 0.29) is 11.9 Å². The molecule has 0 radical (unpaired) electrons. The van der Waals surface area contributed by atoms with Crippen LogP contribution in [0.3, 0.4) is 0 Å². The average Bonchev–Trinajstić information content (AvgIpc) is 2.93. The SMILES string of the molecule is CCCNC(Cc1nccn1CC)c1cc(Br)ccc1F. The molecule has 3 nitrogen and oxygen atoms in total. The lowest BCUT2D eigenvalue weighted by Crippen LogP contribution is -2.26. The van der Waals surface area contributed by atoms with E-state index in [1.165, 1.54) is 6.07 Å². The Kier molecular flexibility index (Phi) is 5.94. The topological polar surface area (TPSA) is 29.9 Å². The lowest BCUT2D eigenvalue weighted by atomic mass is 10.0. The van der Waals surface area contributed by atoms with Crippen molar-refractivity contribution in [3.8, 4) is 0 Å². The smallest absolute Gasteiger partial charge is 0.128 e. The molecule has 1 aromatic heterocycles. The Labute approximate surface area is 133 Å². The van der Waals surface area contributed by atoms with Crippen molar-refractivity contribution in [1.82, 2.24) is 14.9 Å². The van der Waals surface area contributed by atoms with Crippen molar-refractivity contribution >= 4 is 15.9 Å². The second-order valence-corrected chi connectivity index (χ2v) is 5.92. The minimum Gasteiger partial charge on any atom is -0.335 e. The molecule has 1 N–H and O–H groups in total. The summed E-state index contributed by atoms with van der Waals surface area (Å²) in [4.78, 5) is 4.40. The number of nitrogens with one attached hydrogen (secondary N) is 1. The highest BCUT2D eigenvalue weighted by Gasteiger charge is 2.18. The fourth-order valence-corrected chi connectivity index (χ4v) is 2.77. The molecule has 0 bridgehead atoms. The van der Waals surface area contributed by atoms with E-state index in [2.05, 4.69) is 44.6 Å². The lowest BCUT2D eigenvalue weighted by molar-refractivity contribution is 0.480. The Balaban J connectivity index is 2.27. The molecule has 0 saturated heterocycles. The number of halogens is 2. The average molecular weight is 354 g/mol. The van der Waals surface area contributed by atoms with Crippen LogP contribution in [0.2, 0.25) is 0 Å². The van der Waals surface area contributed by atoms with Crippen LogP contribution in [0.25, 0.3) is 0 Å². The maximum atomic E-state index is 14.2. The van der Waals surface area contributed by atoms with Crippen LogP contribution in [-0.4, -0.2) is 16.1 Å². The molecule has 0 spiro atoms. The van der Waals surface area contributed by atoms with Gasteiger partial charge in [0.05, 0.1) is 0 Å². The minimum absolute atomic E-state index is 0.0739. The van der Waals surface area contributed by atoms with Crippen molar-refractivity contribution in [2.45, 2.75) is 39.3 Å². The molecule has 1 unspecified atom stereocenters. The van der Waals surface area contributed by atoms with Crippen LogP contribution < -0.4 is 5.32 Å². The van der Waals surface area contributed by atoms with E-state index in [0.29, 0.717) is 12.0 Å². The van der Waals surface area contributed by atoms with Gasteiger partial charge in [-0.25, -0.2) is 9.37 Å². The third kappa shape index (κ3) is 4.14. The molecular weight excluding hydrogens is 333 g/mol. The van der Waals surface area contributed by atoms with E-state index < -0.39 is 0 Å². The number of aromatic nitrogens is 2. The Bertz CT molecular complexity index is 583. The van der Waals surface area contributed by atoms with Crippen molar-refractivity contribution in [2.24, 2.45) is 0 Å². The second kappa shape index (κ2) is 7.71. The quantitative estimate of drug-likeness (QED) is 0.812. The van der Waals surface area contributed by atoms with E-state index in [9.17, 15) is 4.39 Å². The van der Waals surface area contributed by atoms with E-state index in [0.717, 1.165) is 29.8 Å². The standard InChI is InChI=1S/C16H21BrFN3/c1-3-7-19-15(11-16-20-8-9-21(16)4-2)13-10-12(17)5-6-14(13)18/h5-6,8-10,15,19H,3-4,7,11H2,1-2H3. The third-order valence-electron chi connectivity index (χ3n) is 3.50. The number of hydrogen-bond donors (Lipinski definition) is 1. The number of hydrogen-bond acceptors (Lipinski definition) is 2. The van der Waals surface area contributed by atoms with Crippen LogP contribution in [-0.2, 0) is 13.0 Å². The van der Waals surface area contributed by atoms with Gasteiger partial charge in [-0.1, -0.05) is 22.9 Å². The molecule has 0 aliphatic heterocycles. The monoisotopic (exact) mass is 353 g/mol. The van der Waals surface area contributed by atoms with Gasteiger partial charge in [0.15, 0.2) is 0 Å². The zero-order chi connectivity index (χ0) is 15.2. The fourth-order valence-electron chi connectivity index (χ4n) is 2.39. The Morgan fingerprint density at radius 2 is 2.19 bits per heavy atom. The van der Waals surface area contributed by atoms with Gasteiger partial charge in [0.1, 0.15) is 11.6 Å². The molecule has 0 amide bonds. The van der Waals surface area contributed by atoms with Crippen LogP contribution >= 0.6 is 15.9 Å². The molecule has 0 aliphatic carbocycles. The van der Waals surface area contributed by atoms with Crippen molar-refractivity contribution in [3.63, 3.8) is 0 Å². The number of imidazole rings is 1. The minimum atomic E-state index is -0.179. The zero-order valence-corrected chi connectivity index (χ0v) is 14.0. The second-order valence-electron chi connectivity index (χ2n) is 5.01. The van der Waals surface area contributed by atoms with Crippen LogP contribution in [0.5, 0.6) is 0 Å². The van der Waals surface area contributed by atoms with Gasteiger partial charge in [-0.05, 0) is 38.1 Å². The third-order valence-corrected chi connectivity index (χ3v) is 4.00. The Morgan fingerprint density at radius 1 is 1.38 bits per heavy atom. The largest absolute Gasteiger partial charge is 0.335 e. The summed E-state index contributed by atoms with van der Waals surface area (Å²) in [7, 11) is 0. The molecule has 1 atom stereocenters. The Morgan fingerprint density at radius 3 is 2.90 bits per heavy atom. The molecule has 0 saturated carbocycles. The van der Waals surface area contributed by atoms with Crippen LogP contribution in [0, 0.1) is 5.82 Å². The summed E-state index contributed by atoms with van der Waals surface area (Å²) in [6, 6.07) is 5.01. The van der Waals surface area contributed by atoms with Gasteiger partial charge in [-0.3, -0.25) is 0 Å². The van der Waals surface area contributed by atoms with Gasteiger partial charge < -0.3 is 9.88 Å². The maximum Gasteiger partial charge on any atom is 0.128 e. The molecule has 21 heavy (non-hydrogen) atoms. The first-order chi connectivity index (χ1) is 10.2. The van der Waals surface area contributed by atoms with E-state index in [4.69, 9.17) is 0 Å². The van der Waals surface area contributed by atoms with Gasteiger partial charge in [0.2, 0.25) is 0 Å². The Hall–Kier alpha value is -1.20. The highest BCUT2D eigenvalue weighted by molar-refractivity contribution is 9.10. The predicted octanol–water partition coefficient (Wildman–Crippen LogP) is 4.09. The van der Waals surface area contributed by atoms with Crippen molar-refractivity contribution < 1.29 is 4.39 Å². The van der Waals surface area contributed by atoms with Gasteiger partial charge in [0.25, 0.3) is 0 Å². The van der Waals surface area contributed by atoms with Crippen LogP contribution in [0.15, 0.2) is 35.1 Å². The number of nitrogens with zero attached hydrogens (tertiary/aromatic N) is 2. The summed E-state index contributed by atoms with van der Waals surface area (Å²) in [6.07, 6.45) is 5.44.